The third kappa shape index (κ3) is 2.33. The highest BCUT2D eigenvalue weighted by molar-refractivity contribution is 5.89. The second-order valence-electron chi connectivity index (χ2n) is 4.57. The van der Waals surface area contributed by atoms with Crippen LogP contribution in [0.15, 0.2) is 54.6 Å². The van der Waals surface area contributed by atoms with E-state index in [0.717, 1.165) is 16.5 Å². The van der Waals surface area contributed by atoms with Crippen LogP contribution in [0.2, 0.25) is 0 Å². The van der Waals surface area contributed by atoms with Crippen molar-refractivity contribution in [3.63, 3.8) is 0 Å². The Morgan fingerprint density at radius 2 is 1.81 bits per heavy atom. The SMILES string of the molecule is N#Cc1nc2ccccc2cc1-c1ccc(C(=O)O)cc1. The summed E-state index contributed by atoms with van der Waals surface area (Å²) < 4.78 is 0. The first-order valence-corrected chi connectivity index (χ1v) is 6.32. The first kappa shape index (κ1) is 12.8. The number of hydrogen-bond acceptors (Lipinski definition) is 3. The molecule has 3 aromatic rings. The van der Waals surface area contributed by atoms with Gasteiger partial charge in [0.05, 0.1) is 11.1 Å². The second-order valence-corrected chi connectivity index (χ2v) is 4.57. The molecule has 0 fully saturated rings. The lowest BCUT2D eigenvalue weighted by Gasteiger charge is -2.06. The lowest BCUT2D eigenvalue weighted by Crippen LogP contribution is -1.96. The minimum Gasteiger partial charge on any atom is -0.478 e. The molecule has 4 heteroatoms. The minimum atomic E-state index is -0.973. The van der Waals surface area contributed by atoms with Gasteiger partial charge in [0.15, 0.2) is 0 Å². The maximum absolute atomic E-state index is 10.9. The van der Waals surface area contributed by atoms with Gasteiger partial charge in [0.25, 0.3) is 0 Å². The summed E-state index contributed by atoms with van der Waals surface area (Å²) in [6.45, 7) is 0. The van der Waals surface area contributed by atoms with Crippen molar-refractivity contribution in [2.45, 2.75) is 0 Å². The highest BCUT2D eigenvalue weighted by atomic mass is 16.4. The number of hydrogen-bond donors (Lipinski definition) is 1. The van der Waals surface area contributed by atoms with Crippen LogP contribution in [0.5, 0.6) is 0 Å². The summed E-state index contributed by atoms with van der Waals surface area (Å²) in [5.74, 6) is -0.973. The normalized spacial score (nSPS) is 10.2. The van der Waals surface area contributed by atoms with Gasteiger partial charge in [0.1, 0.15) is 11.8 Å². The Hall–Kier alpha value is -3.19. The fourth-order valence-electron chi connectivity index (χ4n) is 2.21. The van der Waals surface area contributed by atoms with Crippen molar-refractivity contribution < 1.29 is 9.90 Å². The van der Waals surface area contributed by atoms with Crippen molar-refractivity contribution in [3.8, 4) is 17.2 Å². The van der Waals surface area contributed by atoms with Gasteiger partial charge in [-0.1, -0.05) is 30.3 Å². The number of para-hydroxylation sites is 1. The summed E-state index contributed by atoms with van der Waals surface area (Å²) in [6.07, 6.45) is 0. The zero-order valence-corrected chi connectivity index (χ0v) is 10.9. The number of fused-ring (bicyclic) bond motifs is 1. The van der Waals surface area contributed by atoms with Crippen molar-refractivity contribution >= 4 is 16.9 Å². The van der Waals surface area contributed by atoms with E-state index < -0.39 is 5.97 Å². The van der Waals surface area contributed by atoms with Gasteiger partial charge < -0.3 is 5.11 Å². The van der Waals surface area contributed by atoms with Crippen LogP contribution in [0.4, 0.5) is 0 Å². The van der Waals surface area contributed by atoms with E-state index in [4.69, 9.17) is 5.11 Å². The Balaban J connectivity index is 2.19. The van der Waals surface area contributed by atoms with E-state index in [1.54, 1.807) is 12.1 Å². The molecule has 0 atom stereocenters. The van der Waals surface area contributed by atoms with Crippen LogP contribution < -0.4 is 0 Å². The van der Waals surface area contributed by atoms with Crippen LogP contribution in [0.1, 0.15) is 16.1 Å². The molecule has 0 aliphatic rings. The monoisotopic (exact) mass is 274 g/mol. The number of carbonyl (C=O) groups is 1. The van der Waals surface area contributed by atoms with E-state index in [2.05, 4.69) is 11.1 Å². The molecule has 0 bridgehead atoms. The average Bonchev–Trinajstić information content (AvgIpc) is 2.53. The molecule has 4 nitrogen and oxygen atoms in total. The van der Waals surface area contributed by atoms with Crippen molar-refractivity contribution in [2.24, 2.45) is 0 Å². The fourth-order valence-corrected chi connectivity index (χ4v) is 2.21. The molecule has 21 heavy (non-hydrogen) atoms. The number of carboxylic acids is 1. The third-order valence-corrected chi connectivity index (χ3v) is 3.27. The lowest BCUT2D eigenvalue weighted by atomic mass is 10.0. The first-order chi connectivity index (χ1) is 10.2. The number of aromatic carboxylic acids is 1. The molecule has 0 unspecified atom stereocenters. The lowest BCUT2D eigenvalue weighted by molar-refractivity contribution is 0.0697. The molecule has 2 aromatic carbocycles. The standard InChI is InChI=1S/C17H10N2O2/c18-10-16-14(9-13-3-1-2-4-15(13)19-16)11-5-7-12(8-6-11)17(20)21/h1-9H,(H,20,21). The summed E-state index contributed by atoms with van der Waals surface area (Å²) in [5, 5.41) is 19.1. The summed E-state index contributed by atoms with van der Waals surface area (Å²) in [4.78, 5) is 15.2. The molecule has 1 heterocycles. The quantitative estimate of drug-likeness (QED) is 0.776. The van der Waals surface area contributed by atoms with Gasteiger partial charge in [-0.15, -0.1) is 0 Å². The predicted octanol–water partition coefficient (Wildman–Crippen LogP) is 3.47. The summed E-state index contributed by atoms with van der Waals surface area (Å²) in [6, 6.07) is 18.0. The fraction of sp³-hybridized carbons (Fsp3) is 0. The number of aromatic nitrogens is 1. The number of rotatable bonds is 2. The zero-order valence-electron chi connectivity index (χ0n) is 10.9. The third-order valence-electron chi connectivity index (χ3n) is 3.27. The highest BCUT2D eigenvalue weighted by Crippen LogP contribution is 2.26. The number of nitriles is 1. The van der Waals surface area contributed by atoms with Gasteiger partial charge in [0, 0.05) is 10.9 Å². The van der Waals surface area contributed by atoms with E-state index in [-0.39, 0.29) is 5.56 Å². The minimum absolute atomic E-state index is 0.214. The van der Waals surface area contributed by atoms with E-state index in [0.29, 0.717) is 11.3 Å². The number of benzene rings is 2. The molecule has 0 aliphatic carbocycles. The Labute approximate surface area is 120 Å². The molecule has 0 radical (unpaired) electrons. The van der Waals surface area contributed by atoms with Gasteiger partial charge in [-0.2, -0.15) is 5.26 Å². The number of nitrogens with zero attached hydrogens (tertiary/aromatic N) is 2. The van der Waals surface area contributed by atoms with Gasteiger partial charge in [-0.3, -0.25) is 0 Å². The average molecular weight is 274 g/mol. The van der Waals surface area contributed by atoms with Gasteiger partial charge >= 0.3 is 5.97 Å². The molecule has 1 N–H and O–H groups in total. The first-order valence-electron chi connectivity index (χ1n) is 6.32. The Morgan fingerprint density at radius 1 is 1.10 bits per heavy atom. The Bertz CT molecular complexity index is 877. The number of carboxylic acid groups (broad SMARTS) is 1. The number of pyridine rings is 1. The van der Waals surface area contributed by atoms with Crippen LogP contribution in [0, 0.1) is 11.3 Å². The van der Waals surface area contributed by atoms with E-state index in [1.807, 2.05) is 30.3 Å². The smallest absolute Gasteiger partial charge is 0.335 e. The zero-order chi connectivity index (χ0) is 14.8. The van der Waals surface area contributed by atoms with Crippen LogP contribution in [-0.4, -0.2) is 16.1 Å². The van der Waals surface area contributed by atoms with Crippen molar-refractivity contribution in [1.82, 2.24) is 4.98 Å². The molecule has 0 saturated carbocycles. The largest absolute Gasteiger partial charge is 0.478 e. The van der Waals surface area contributed by atoms with Crippen LogP contribution in [0.25, 0.3) is 22.0 Å². The maximum atomic E-state index is 10.9. The van der Waals surface area contributed by atoms with E-state index in [1.165, 1.54) is 12.1 Å². The Kier molecular flexibility index (Phi) is 3.09. The second kappa shape index (κ2) is 5.06. The van der Waals surface area contributed by atoms with E-state index >= 15 is 0 Å². The van der Waals surface area contributed by atoms with Crippen molar-refractivity contribution in [1.29, 1.82) is 5.26 Å². The summed E-state index contributed by atoms with van der Waals surface area (Å²) >= 11 is 0. The predicted molar refractivity (Wildman–Crippen MR) is 78.9 cm³/mol. The maximum Gasteiger partial charge on any atom is 0.335 e. The van der Waals surface area contributed by atoms with E-state index in [9.17, 15) is 10.1 Å². The summed E-state index contributed by atoms with van der Waals surface area (Å²) in [5.41, 5.74) is 2.78. The van der Waals surface area contributed by atoms with Crippen LogP contribution >= 0.6 is 0 Å². The highest BCUT2D eigenvalue weighted by Gasteiger charge is 2.10. The molecule has 0 aliphatic heterocycles. The molecule has 100 valence electrons. The van der Waals surface area contributed by atoms with Gasteiger partial charge in [-0.25, -0.2) is 9.78 Å². The topological polar surface area (TPSA) is 74.0 Å². The molecular formula is C17H10N2O2. The molecule has 0 saturated heterocycles. The molecule has 3 rings (SSSR count). The molecule has 1 aromatic heterocycles. The molecular weight excluding hydrogens is 264 g/mol. The van der Waals surface area contributed by atoms with Gasteiger partial charge in [0.2, 0.25) is 0 Å². The van der Waals surface area contributed by atoms with Crippen molar-refractivity contribution in [3.05, 3.63) is 65.9 Å². The van der Waals surface area contributed by atoms with Crippen LogP contribution in [0.3, 0.4) is 0 Å². The van der Waals surface area contributed by atoms with Gasteiger partial charge in [-0.05, 0) is 29.8 Å². The van der Waals surface area contributed by atoms with Crippen LogP contribution in [-0.2, 0) is 0 Å². The molecule has 0 amide bonds. The van der Waals surface area contributed by atoms with Crippen molar-refractivity contribution in [2.75, 3.05) is 0 Å². The summed E-state index contributed by atoms with van der Waals surface area (Å²) in [7, 11) is 0. The molecule has 0 spiro atoms. The Morgan fingerprint density at radius 3 is 2.48 bits per heavy atom.